The molecule has 3 heteroatoms. The van der Waals surface area contributed by atoms with Gasteiger partial charge in [0, 0.05) is 10.9 Å². The minimum Gasteiger partial charge on any atom is -0.235 e. The van der Waals surface area contributed by atoms with E-state index in [1.165, 1.54) is 6.07 Å². The Bertz CT molecular complexity index is 585. The second-order valence-electron chi connectivity index (χ2n) is 5.32. The normalized spacial score (nSPS) is 12.1. The van der Waals surface area contributed by atoms with E-state index in [-0.39, 0.29) is 11.2 Å². The number of halogens is 2. The molecule has 0 saturated carbocycles. The molecule has 2 aromatic rings. The molecule has 0 bridgehead atoms. The standard InChI is InChI=1S/C14H15ClFN/c1-8-11(16)6-5-9-7-10(14(2,3)4)13(15)17-12(8)9/h5-7H,1-4H3. The van der Waals surface area contributed by atoms with E-state index < -0.39 is 0 Å². The summed E-state index contributed by atoms with van der Waals surface area (Å²) in [6.07, 6.45) is 0. The average Bonchev–Trinajstić information content (AvgIpc) is 2.22. The minimum absolute atomic E-state index is 0.0689. The first-order valence-electron chi connectivity index (χ1n) is 5.56. The number of rotatable bonds is 0. The maximum absolute atomic E-state index is 13.4. The van der Waals surface area contributed by atoms with Crippen LogP contribution < -0.4 is 0 Å². The number of fused-ring (bicyclic) bond motifs is 1. The molecule has 0 spiro atoms. The third kappa shape index (κ3) is 2.14. The fraction of sp³-hybridized carbons (Fsp3) is 0.357. The molecule has 1 aromatic heterocycles. The van der Waals surface area contributed by atoms with Gasteiger partial charge in [-0.15, -0.1) is 0 Å². The van der Waals surface area contributed by atoms with E-state index in [2.05, 4.69) is 25.8 Å². The van der Waals surface area contributed by atoms with Gasteiger partial charge < -0.3 is 0 Å². The number of benzene rings is 1. The molecule has 0 unspecified atom stereocenters. The number of aromatic nitrogens is 1. The lowest BCUT2D eigenvalue weighted by atomic mass is 9.87. The van der Waals surface area contributed by atoms with E-state index in [4.69, 9.17) is 11.6 Å². The van der Waals surface area contributed by atoms with Gasteiger partial charge in [0.2, 0.25) is 0 Å². The summed E-state index contributed by atoms with van der Waals surface area (Å²) in [5.41, 5.74) is 2.10. The topological polar surface area (TPSA) is 12.9 Å². The van der Waals surface area contributed by atoms with Crippen LogP contribution in [0.5, 0.6) is 0 Å². The van der Waals surface area contributed by atoms with Crippen LogP contribution in [0.2, 0.25) is 5.15 Å². The average molecular weight is 252 g/mol. The van der Waals surface area contributed by atoms with Crippen LogP contribution in [0.1, 0.15) is 31.9 Å². The predicted octanol–water partition coefficient (Wildman–Crippen LogP) is 4.63. The Morgan fingerprint density at radius 1 is 1.24 bits per heavy atom. The molecule has 90 valence electrons. The first kappa shape index (κ1) is 12.3. The van der Waals surface area contributed by atoms with Crippen LogP contribution in [0, 0.1) is 12.7 Å². The largest absolute Gasteiger partial charge is 0.235 e. The Morgan fingerprint density at radius 3 is 2.47 bits per heavy atom. The monoisotopic (exact) mass is 251 g/mol. The Morgan fingerprint density at radius 2 is 1.88 bits per heavy atom. The summed E-state index contributed by atoms with van der Waals surface area (Å²) in [6.45, 7) is 7.96. The van der Waals surface area contributed by atoms with Crippen molar-refractivity contribution in [3.8, 4) is 0 Å². The van der Waals surface area contributed by atoms with Gasteiger partial charge in [0.05, 0.1) is 5.52 Å². The van der Waals surface area contributed by atoms with E-state index in [1.54, 1.807) is 13.0 Å². The molecule has 1 heterocycles. The van der Waals surface area contributed by atoms with Gasteiger partial charge in [-0.05, 0) is 36.1 Å². The van der Waals surface area contributed by atoms with Gasteiger partial charge in [-0.2, -0.15) is 0 Å². The van der Waals surface area contributed by atoms with Crippen molar-refractivity contribution in [2.75, 3.05) is 0 Å². The summed E-state index contributed by atoms with van der Waals surface area (Å²) in [4.78, 5) is 4.33. The molecule has 1 aromatic carbocycles. The summed E-state index contributed by atoms with van der Waals surface area (Å²) in [7, 11) is 0. The number of nitrogens with zero attached hydrogens (tertiary/aromatic N) is 1. The summed E-state index contributed by atoms with van der Waals surface area (Å²) in [5.74, 6) is -0.246. The zero-order chi connectivity index (χ0) is 12.8. The summed E-state index contributed by atoms with van der Waals surface area (Å²) >= 11 is 6.18. The fourth-order valence-electron chi connectivity index (χ4n) is 1.86. The molecule has 0 saturated heterocycles. The molecule has 0 aliphatic heterocycles. The second kappa shape index (κ2) is 3.95. The van der Waals surface area contributed by atoms with Crippen molar-refractivity contribution in [3.63, 3.8) is 0 Å². The van der Waals surface area contributed by atoms with Gasteiger partial charge in [-0.3, -0.25) is 0 Å². The molecule has 0 atom stereocenters. The molecule has 0 radical (unpaired) electrons. The molecule has 0 aliphatic rings. The third-order valence-electron chi connectivity index (χ3n) is 2.94. The molecule has 1 nitrogen and oxygen atoms in total. The quantitative estimate of drug-likeness (QED) is 0.622. The number of hydrogen-bond acceptors (Lipinski definition) is 1. The van der Waals surface area contributed by atoms with Crippen molar-refractivity contribution in [2.24, 2.45) is 0 Å². The number of hydrogen-bond donors (Lipinski definition) is 0. The highest BCUT2D eigenvalue weighted by atomic mass is 35.5. The molecular weight excluding hydrogens is 237 g/mol. The van der Waals surface area contributed by atoms with E-state index in [1.807, 2.05) is 6.07 Å². The van der Waals surface area contributed by atoms with Crippen LogP contribution in [-0.2, 0) is 5.41 Å². The van der Waals surface area contributed by atoms with Gasteiger partial charge in [-0.1, -0.05) is 32.4 Å². The zero-order valence-electron chi connectivity index (χ0n) is 10.4. The Balaban J connectivity index is 2.80. The van der Waals surface area contributed by atoms with Crippen LogP contribution in [0.15, 0.2) is 18.2 Å². The van der Waals surface area contributed by atoms with Gasteiger partial charge in [0.1, 0.15) is 11.0 Å². The lowest BCUT2D eigenvalue weighted by Crippen LogP contribution is -2.12. The Kier molecular flexibility index (Phi) is 2.86. The summed E-state index contributed by atoms with van der Waals surface area (Å²) in [5, 5.41) is 1.39. The summed E-state index contributed by atoms with van der Waals surface area (Å²) < 4.78 is 13.4. The van der Waals surface area contributed by atoms with Gasteiger partial charge >= 0.3 is 0 Å². The van der Waals surface area contributed by atoms with Crippen molar-refractivity contribution < 1.29 is 4.39 Å². The SMILES string of the molecule is Cc1c(F)ccc2cc(C(C)(C)C)c(Cl)nc12. The Hall–Kier alpha value is -1.15. The van der Waals surface area contributed by atoms with Crippen molar-refractivity contribution in [1.82, 2.24) is 4.98 Å². The number of pyridine rings is 1. The van der Waals surface area contributed by atoms with Crippen LogP contribution in [0.25, 0.3) is 10.9 Å². The van der Waals surface area contributed by atoms with Gasteiger partial charge in [0.25, 0.3) is 0 Å². The lowest BCUT2D eigenvalue weighted by Gasteiger charge is -2.20. The molecule has 17 heavy (non-hydrogen) atoms. The zero-order valence-corrected chi connectivity index (χ0v) is 11.2. The van der Waals surface area contributed by atoms with E-state index in [0.717, 1.165) is 10.9 Å². The lowest BCUT2D eigenvalue weighted by molar-refractivity contribution is 0.588. The van der Waals surface area contributed by atoms with Crippen molar-refractivity contribution in [1.29, 1.82) is 0 Å². The highest BCUT2D eigenvalue weighted by molar-refractivity contribution is 6.30. The molecule has 0 fully saturated rings. The first-order valence-corrected chi connectivity index (χ1v) is 5.94. The molecule has 2 rings (SSSR count). The second-order valence-corrected chi connectivity index (χ2v) is 5.68. The summed E-state index contributed by atoms with van der Waals surface area (Å²) in [6, 6.07) is 5.22. The van der Waals surface area contributed by atoms with Gasteiger partial charge in [-0.25, -0.2) is 9.37 Å². The molecule has 0 aliphatic carbocycles. The Labute approximate surface area is 106 Å². The predicted molar refractivity (Wildman–Crippen MR) is 70.1 cm³/mol. The molecule has 0 amide bonds. The maximum Gasteiger partial charge on any atom is 0.133 e. The molecule has 0 N–H and O–H groups in total. The van der Waals surface area contributed by atoms with Crippen LogP contribution in [0.4, 0.5) is 4.39 Å². The van der Waals surface area contributed by atoms with E-state index in [0.29, 0.717) is 16.2 Å². The van der Waals surface area contributed by atoms with Crippen LogP contribution >= 0.6 is 11.6 Å². The third-order valence-corrected chi connectivity index (χ3v) is 3.22. The fourth-order valence-corrected chi connectivity index (χ4v) is 2.28. The minimum atomic E-state index is -0.246. The van der Waals surface area contributed by atoms with Crippen LogP contribution in [-0.4, -0.2) is 4.98 Å². The maximum atomic E-state index is 13.4. The van der Waals surface area contributed by atoms with Crippen LogP contribution in [0.3, 0.4) is 0 Å². The molecular formula is C14H15ClFN. The van der Waals surface area contributed by atoms with Crippen molar-refractivity contribution in [2.45, 2.75) is 33.1 Å². The number of aryl methyl sites for hydroxylation is 1. The van der Waals surface area contributed by atoms with Gasteiger partial charge in [0.15, 0.2) is 0 Å². The van der Waals surface area contributed by atoms with Crippen molar-refractivity contribution in [3.05, 3.63) is 40.3 Å². The smallest absolute Gasteiger partial charge is 0.133 e. The first-order chi connectivity index (χ1) is 7.80. The van der Waals surface area contributed by atoms with E-state index in [9.17, 15) is 4.39 Å². The highest BCUT2D eigenvalue weighted by Gasteiger charge is 2.19. The highest BCUT2D eigenvalue weighted by Crippen LogP contribution is 2.32. The van der Waals surface area contributed by atoms with E-state index >= 15 is 0 Å². The van der Waals surface area contributed by atoms with Crippen molar-refractivity contribution >= 4 is 22.5 Å².